The monoisotopic (exact) mass is 297 g/mol. The lowest BCUT2D eigenvalue weighted by atomic mass is 9.79. The molecule has 0 fully saturated rings. The minimum atomic E-state index is 0.0949. The second kappa shape index (κ2) is 8.07. The van der Waals surface area contributed by atoms with E-state index in [0.717, 1.165) is 36.0 Å². The summed E-state index contributed by atoms with van der Waals surface area (Å²) in [5, 5.41) is 8.54. The van der Waals surface area contributed by atoms with Crippen molar-refractivity contribution in [3.8, 4) is 0 Å². The Morgan fingerprint density at radius 2 is 1.95 bits per heavy atom. The van der Waals surface area contributed by atoms with Gasteiger partial charge in [0.15, 0.2) is 5.78 Å². The highest BCUT2D eigenvalue weighted by molar-refractivity contribution is 6.23. The van der Waals surface area contributed by atoms with Crippen molar-refractivity contribution < 1.29 is 4.79 Å². The number of allylic oxidation sites excluding steroid dienone is 8. The van der Waals surface area contributed by atoms with Crippen LogP contribution in [0.3, 0.4) is 0 Å². The number of hydrogen-bond donors (Lipinski definition) is 1. The zero-order valence-corrected chi connectivity index (χ0v) is 13.8. The number of rotatable bonds is 7. The first kappa shape index (κ1) is 16.7. The molecule has 2 nitrogen and oxygen atoms in total. The molecule has 0 aromatic rings. The van der Waals surface area contributed by atoms with Gasteiger partial charge in [0.25, 0.3) is 0 Å². The first-order chi connectivity index (χ1) is 10.6. The minimum absolute atomic E-state index is 0.0949. The average molecular weight is 297 g/mol. The third-order valence-electron chi connectivity index (χ3n) is 4.61. The lowest BCUT2D eigenvalue weighted by molar-refractivity contribution is -0.111. The van der Waals surface area contributed by atoms with Crippen LogP contribution in [0, 0.1) is 11.3 Å². The quantitative estimate of drug-likeness (QED) is 0.501. The van der Waals surface area contributed by atoms with Gasteiger partial charge in [-0.15, -0.1) is 0 Å². The lowest BCUT2D eigenvalue weighted by Crippen LogP contribution is -2.22. The highest BCUT2D eigenvalue weighted by Gasteiger charge is 2.26. The van der Waals surface area contributed by atoms with Crippen molar-refractivity contribution in [1.82, 2.24) is 0 Å². The molecule has 2 aliphatic rings. The first-order valence-electron chi connectivity index (χ1n) is 8.53. The summed E-state index contributed by atoms with van der Waals surface area (Å²) >= 11 is 0. The summed E-state index contributed by atoms with van der Waals surface area (Å²) in [5.41, 5.74) is 3.25. The molecule has 0 aromatic carbocycles. The van der Waals surface area contributed by atoms with Gasteiger partial charge in [0.05, 0.1) is 5.71 Å². The molecule has 0 bridgehead atoms. The second-order valence-corrected chi connectivity index (χ2v) is 6.26. The molecule has 0 aromatic heterocycles. The summed E-state index contributed by atoms with van der Waals surface area (Å²) in [6.45, 7) is 4.09. The lowest BCUT2D eigenvalue weighted by Gasteiger charge is -2.24. The van der Waals surface area contributed by atoms with Crippen molar-refractivity contribution in [3.05, 3.63) is 47.1 Å². The largest absolute Gasteiger partial charge is 0.300 e. The molecular formula is C20H27NO. The molecule has 22 heavy (non-hydrogen) atoms. The van der Waals surface area contributed by atoms with Crippen LogP contribution in [0.4, 0.5) is 0 Å². The Bertz CT molecular complexity index is 560. The van der Waals surface area contributed by atoms with Crippen LogP contribution < -0.4 is 0 Å². The van der Waals surface area contributed by atoms with Crippen molar-refractivity contribution in [1.29, 1.82) is 5.41 Å². The molecule has 0 amide bonds. The Labute approximate surface area is 134 Å². The highest BCUT2D eigenvalue weighted by atomic mass is 16.1. The molecule has 0 saturated carbocycles. The van der Waals surface area contributed by atoms with Crippen molar-refractivity contribution in [2.75, 3.05) is 0 Å². The maximum absolute atomic E-state index is 12.3. The summed E-state index contributed by atoms with van der Waals surface area (Å²) in [7, 11) is 0. The number of carbonyl (C=O) groups excluding carboxylic acids is 1. The summed E-state index contributed by atoms with van der Waals surface area (Å²) in [6, 6.07) is 0. The molecule has 2 aliphatic carbocycles. The van der Waals surface area contributed by atoms with E-state index in [-0.39, 0.29) is 11.7 Å². The van der Waals surface area contributed by atoms with Crippen molar-refractivity contribution >= 4 is 11.5 Å². The smallest absolute Gasteiger partial charge is 0.182 e. The van der Waals surface area contributed by atoms with Crippen LogP contribution in [0.1, 0.15) is 58.8 Å². The molecule has 1 N–H and O–H groups in total. The molecule has 2 rings (SSSR count). The number of nitrogens with one attached hydrogen (secondary N) is 1. The number of hydrogen-bond acceptors (Lipinski definition) is 2. The fourth-order valence-corrected chi connectivity index (χ4v) is 3.15. The topological polar surface area (TPSA) is 40.9 Å². The van der Waals surface area contributed by atoms with Gasteiger partial charge in [0.2, 0.25) is 0 Å². The minimum Gasteiger partial charge on any atom is -0.300 e. The zero-order valence-electron chi connectivity index (χ0n) is 13.8. The predicted octanol–water partition coefficient (Wildman–Crippen LogP) is 5.32. The summed E-state index contributed by atoms with van der Waals surface area (Å²) in [5.74, 6) is 0.280. The van der Waals surface area contributed by atoms with E-state index in [9.17, 15) is 4.79 Å². The molecule has 118 valence electrons. The molecule has 0 aliphatic heterocycles. The van der Waals surface area contributed by atoms with Gasteiger partial charge in [0.1, 0.15) is 0 Å². The molecular weight excluding hydrogens is 270 g/mol. The fourth-order valence-electron chi connectivity index (χ4n) is 3.15. The van der Waals surface area contributed by atoms with Crippen LogP contribution in [0.25, 0.3) is 0 Å². The normalized spacial score (nSPS) is 21.5. The fraction of sp³-hybridized carbons (Fsp3) is 0.500. The van der Waals surface area contributed by atoms with E-state index in [1.807, 2.05) is 19.1 Å². The van der Waals surface area contributed by atoms with Gasteiger partial charge in [-0.2, -0.15) is 0 Å². The predicted molar refractivity (Wildman–Crippen MR) is 93.3 cm³/mol. The van der Waals surface area contributed by atoms with Crippen LogP contribution in [0.15, 0.2) is 47.1 Å². The Morgan fingerprint density at radius 1 is 1.18 bits per heavy atom. The van der Waals surface area contributed by atoms with Crippen LogP contribution in [0.2, 0.25) is 0 Å². The first-order valence-corrected chi connectivity index (χ1v) is 8.53. The van der Waals surface area contributed by atoms with Crippen LogP contribution >= 0.6 is 0 Å². The van der Waals surface area contributed by atoms with Crippen molar-refractivity contribution in [2.45, 2.75) is 58.8 Å². The van der Waals surface area contributed by atoms with Crippen LogP contribution in [0.5, 0.6) is 0 Å². The Hall–Kier alpha value is -1.70. The van der Waals surface area contributed by atoms with E-state index < -0.39 is 0 Å². The molecule has 0 unspecified atom stereocenters. The Kier molecular flexibility index (Phi) is 6.11. The Balaban J connectivity index is 2.04. The van der Waals surface area contributed by atoms with Gasteiger partial charge >= 0.3 is 0 Å². The maximum Gasteiger partial charge on any atom is 0.182 e. The van der Waals surface area contributed by atoms with Gasteiger partial charge in [-0.25, -0.2) is 0 Å². The van der Waals surface area contributed by atoms with Gasteiger partial charge < -0.3 is 5.41 Å². The third-order valence-corrected chi connectivity index (χ3v) is 4.61. The van der Waals surface area contributed by atoms with Crippen LogP contribution in [-0.2, 0) is 4.79 Å². The van der Waals surface area contributed by atoms with Crippen molar-refractivity contribution in [3.63, 3.8) is 0 Å². The summed E-state index contributed by atoms with van der Waals surface area (Å²) < 4.78 is 0. The van der Waals surface area contributed by atoms with Gasteiger partial charge in [-0.1, -0.05) is 56.9 Å². The van der Waals surface area contributed by atoms with Crippen LogP contribution in [-0.4, -0.2) is 11.5 Å². The molecule has 0 saturated heterocycles. The maximum atomic E-state index is 12.3. The van der Waals surface area contributed by atoms with Gasteiger partial charge in [-0.3, -0.25) is 4.79 Å². The number of ketones is 1. The summed E-state index contributed by atoms with van der Waals surface area (Å²) in [4.78, 5) is 12.3. The van der Waals surface area contributed by atoms with E-state index in [4.69, 9.17) is 5.41 Å². The van der Waals surface area contributed by atoms with E-state index in [2.05, 4.69) is 19.1 Å². The third kappa shape index (κ3) is 3.94. The molecule has 2 heteroatoms. The van der Waals surface area contributed by atoms with E-state index in [0.29, 0.717) is 5.71 Å². The number of carbonyl (C=O) groups is 1. The molecule has 0 heterocycles. The van der Waals surface area contributed by atoms with E-state index in [1.54, 1.807) is 6.08 Å². The zero-order chi connectivity index (χ0) is 15.9. The second-order valence-electron chi connectivity index (χ2n) is 6.26. The Morgan fingerprint density at radius 3 is 2.64 bits per heavy atom. The van der Waals surface area contributed by atoms with E-state index >= 15 is 0 Å². The van der Waals surface area contributed by atoms with Gasteiger partial charge in [-0.05, 0) is 43.4 Å². The standard InChI is InChI=1S/C20H27NO/c1-3-4-5-6-10-13-17-15(2)19(22)14-18(20(17)21)16-11-8-7-9-12-16/h7-9,11,14,16,21H,3-6,10,12-13H2,1-2H3/t16-/m1/s1. The average Bonchev–Trinajstić information content (AvgIpc) is 2.54. The molecule has 0 spiro atoms. The SMILES string of the molecule is CCCCCCCC1=C(C)C(=O)C=C([C@@H]2C=CC=CC2)C1=N. The van der Waals surface area contributed by atoms with Crippen molar-refractivity contribution in [2.24, 2.45) is 5.92 Å². The summed E-state index contributed by atoms with van der Waals surface area (Å²) in [6.07, 6.45) is 17.7. The van der Waals surface area contributed by atoms with Gasteiger partial charge in [0, 0.05) is 11.5 Å². The molecule has 0 radical (unpaired) electrons. The highest BCUT2D eigenvalue weighted by Crippen LogP contribution is 2.31. The molecule has 1 atom stereocenters. The van der Waals surface area contributed by atoms with E-state index in [1.165, 1.54) is 25.7 Å². The number of unbranched alkanes of at least 4 members (excludes halogenated alkanes) is 4.